The molecule has 1 saturated heterocycles. The van der Waals surface area contributed by atoms with Crippen LogP contribution < -0.4 is 15.5 Å². The lowest BCUT2D eigenvalue weighted by Crippen LogP contribution is -2.49. The zero-order chi connectivity index (χ0) is 21.8. The fourth-order valence-corrected chi connectivity index (χ4v) is 4.42. The van der Waals surface area contributed by atoms with Crippen LogP contribution in [-0.2, 0) is 9.53 Å². The number of carbonyl (C=O) groups excluding carboxylic acids is 3. The van der Waals surface area contributed by atoms with Crippen LogP contribution in [-0.4, -0.2) is 58.6 Å². The maximum atomic E-state index is 12.6. The first-order valence-electron chi connectivity index (χ1n) is 9.60. The third kappa shape index (κ3) is 7.50. The Hall–Kier alpha value is -1.81. The molecule has 10 heteroatoms. The smallest absolute Gasteiger partial charge is 0.407 e. The van der Waals surface area contributed by atoms with Crippen LogP contribution in [0.25, 0.3) is 0 Å². The molecule has 0 unspecified atom stereocenters. The van der Waals surface area contributed by atoms with Gasteiger partial charge in [0.05, 0.1) is 0 Å². The molecule has 0 bridgehead atoms. The number of carbonyl (C=O) groups is 3. The highest BCUT2D eigenvalue weighted by Gasteiger charge is 2.31. The monoisotopic (exact) mass is 442 g/mol. The Bertz CT molecular complexity index is 739. The number of amides is 2. The van der Waals surface area contributed by atoms with Gasteiger partial charge < -0.3 is 20.3 Å². The summed E-state index contributed by atoms with van der Waals surface area (Å²) in [6, 6.07) is -0.250. The van der Waals surface area contributed by atoms with Gasteiger partial charge in [-0.05, 0) is 26.7 Å². The van der Waals surface area contributed by atoms with Gasteiger partial charge in [-0.3, -0.25) is 9.59 Å². The van der Waals surface area contributed by atoms with Crippen LogP contribution in [0.3, 0.4) is 0 Å². The van der Waals surface area contributed by atoms with E-state index in [1.54, 1.807) is 33.1 Å². The van der Waals surface area contributed by atoms with Gasteiger partial charge in [-0.15, -0.1) is 11.3 Å². The van der Waals surface area contributed by atoms with Gasteiger partial charge in [0.2, 0.25) is 0 Å². The molecule has 0 aliphatic carbocycles. The van der Waals surface area contributed by atoms with Crippen LogP contribution in [0.15, 0.2) is 5.38 Å². The van der Waals surface area contributed by atoms with Crippen molar-refractivity contribution < 1.29 is 19.1 Å². The van der Waals surface area contributed by atoms with Gasteiger partial charge in [-0.25, -0.2) is 9.78 Å². The summed E-state index contributed by atoms with van der Waals surface area (Å²) in [4.78, 5) is 42.1. The molecule has 2 heterocycles. The van der Waals surface area contributed by atoms with Crippen molar-refractivity contribution in [1.29, 1.82) is 0 Å². The van der Waals surface area contributed by atoms with E-state index in [0.717, 1.165) is 18.2 Å². The highest BCUT2D eigenvalue weighted by molar-refractivity contribution is 8.14. The maximum Gasteiger partial charge on any atom is 0.407 e. The standard InChI is InChI=1S/C19H30N4O4S2/c1-11(2)14(7-20-18(26)27-19(4,5)6)21-16(25)15-10-28-17(22-15)23-8-13(9-23)29-12(3)24/h10-11,13-14H,7-9H2,1-6H3,(H,20,26)(H,21,25)/t14-/m1/s1. The van der Waals surface area contributed by atoms with E-state index >= 15 is 0 Å². The summed E-state index contributed by atoms with van der Waals surface area (Å²) in [6.07, 6.45) is -0.510. The van der Waals surface area contributed by atoms with Crippen LogP contribution in [0.1, 0.15) is 52.0 Å². The Labute approximate surface area is 180 Å². The number of thiazole rings is 1. The van der Waals surface area contributed by atoms with Crippen molar-refractivity contribution in [2.24, 2.45) is 5.92 Å². The molecule has 2 N–H and O–H groups in total. The number of alkyl carbamates (subject to hydrolysis) is 1. The van der Waals surface area contributed by atoms with Crippen molar-refractivity contribution in [2.45, 2.75) is 58.4 Å². The van der Waals surface area contributed by atoms with Crippen molar-refractivity contribution in [3.63, 3.8) is 0 Å². The van der Waals surface area contributed by atoms with Crippen molar-refractivity contribution in [2.75, 3.05) is 24.5 Å². The number of nitrogens with one attached hydrogen (secondary N) is 2. The van der Waals surface area contributed by atoms with Crippen LogP contribution in [0.4, 0.5) is 9.93 Å². The molecule has 0 saturated carbocycles. The third-order valence-electron chi connectivity index (χ3n) is 4.16. The normalized spacial score (nSPS) is 15.6. The first-order chi connectivity index (χ1) is 13.4. The largest absolute Gasteiger partial charge is 0.444 e. The van der Waals surface area contributed by atoms with Crippen molar-refractivity contribution in [3.05, 3.63) is 11.1 Å². The van der Waals surface area contributed by atoms with Gasteiger partial charge in [0.25, 0.3) is 5.91 Å². The number of thioether (sulfide) groups is 1. The highest BCUT2D eigenvalue weighted by atomic mass is 32.2. The van der Waals surface area contributed by atoms with E-state index in [1.165, 1.54) is 23.1 Å². The molecule has 0 spiro atoms. The molecular weight excluding hydrogens is 412 g/mol. The number of nitrogens with zero attached hydrogens (tertiary/aromatic N) is 2. The van der Waals surface area contributed by atoms with E-state index in [9.17, 15) is 14.4 Å². The van der Waals surface area contributed by atoms with Crippen molar-refractivity contribution >= 4 is 45.3 Å². The summed E-state index contributed by atoms with van der Waals surface area (Å²) in [5, 5.41) is 8.57. The van der Waals surface area contributed by atoms with Gasteiger partial charge in [-0.2, -0.15) is 0 Å². The Morgan fingerprint density at radius 1 is 1.34 bits per heavy atom. The van der Waals surface area contributed by atoms with Crippen LogP contribution in [0.2, 0.25) is 0 Å². The second kappa shape index (κ2) is 9.80. The SMILES string of the molecule is CC(=O)SC1CN(c2nc(C(=O)N[C@H](CNC(=O)OC(C)(C)C)C(C)C)cs2)C1. The second-order valence-corrected chi connectivity index (χ2v) is 10.7. The molecule has 1 aromatic rings. The van der Waals surface area contributed by atoms with E-state index in [2.05, 4.69) is 20.5 Å². The van der Waals surface area contributed by atoms with Gasteiger partial charge in [0, 0.05) is 43.2 Å². The molecule has 1 atom stereocenters. The average molecular weight is 443 g/mol. The first kappa shape index (κ1) is 23.5. The predicted octanol–water partition coefficient (Wildman–Crippen LogP) is 2.89. The molecule has 2 rings (SSSR count). The van der Waals surface area contributed by atoms with E-state index in [4.69, 9.17) is 4.74 Å². The minimum Gasteiger partial charge on any atom is -0.444 e. The van der Waals surface area contributed by atoms with E-state index in [1.807, 2.05) is 13.8 Å². The van der Waals surface area contributed by atoms with E-state index in [0.29, 0.717) is 5.69 Å². The number of ether oxygens (including phenoxy) is 1. The summed E-state index contributed by atoms with van der Waals surface area (Å²) in [6.45, 7) is 12.7. The molecular formula is C19H30N4O4S2. The number of hydrogen-bond donors (Lipinski definition) is 2. The quantitative estimate of drug-likeness (QED) is 0.670. The lowest BCUT2D eigenvalue weighted by Gasteiger charge is -2.37. The van der Waals surface area contributed by atoms with Crippen LogP contribution in [0, 0.1) is 5.92 Å². The summed E-state index contributed by atoms with van der Waals surface area (Å²) in [5.74, 6) is -0.154. The summed E-state index contributed by atoms with van der Waals surface area (Å²) in [7, 11) is 0. The molecule has 29 heavy (non-hydrogen) atoms. The van der Waals surface area contributed by atoms with Gasteiger partial charge in [0.15, 0.2) is 10.2 Å². The zero-order valence-corrected chi connectivity index (χ0v) is 19.4. The third-order valence-corrected chi connectivity index (χ3v) is 6.03. The first-order valence-corrected chi connectivity index (χ1v) is 11.4. The molecule has 1 aliphatic heterocycles. The van der Waals surface area contributed by atoms with Crippen LogP contribution >= 0.6 is 23.1 Å². The molecule has 162 valence electrons. The lowest BCUT2D eigenvalue weighted by molar-refractivity contribution is -0.109. The van der Waals surface area contributed by atoms with Gasteiger partial charge in [-0.1, -0.05) is 25.6 Å². The predicted molar refractivity (Wildman–Crippen MR) is 117 cm³/mol. The van der Waals surface area contributed by atoms with Crippen molar-refractivity contribution in [1.82, 2.24) is 15.6 Å². The molecule has 1 aliphatic rings. The Morgan fingerprint density at radius 3 is 2.55 bits per heavy atom. The minimum atomic E-state index is -0.573. The van der Waals surface area contributed by atoms with Gasteiger partial charge in [0.1, 0.15) is 11.3 Å². The van der Waals surface area contributed by atoms with Crippen molar-refractivity contribution in [3.8, 4) is 0 Å². The Kier molecular flexibility index (Phi) is 7.93. The Morgan fingerprint density at radius 2 is 2.00 bits per heavy atom. The fraction of sp³-hybridized carbons (Fsp3) is 0.684. The Balaban J connectivity index is 1.86. The molecule has 0 aromatic carbocycles. The van der Waals surface area contributed by atoms with E-state index in [-0.39, 0.29) is 34.8 Å². The number of hydrogen-bond acceptors (Lipinski definition) is 8. The average Bonchev–Trinajstić information content (AvgIpc) is 3.01. The zero-order valence-electron chi connectivity index (χ0n) is 17.8. The van der Waals surface area contributed by atoms with Gasteiger partial charge >= 0.3 is 6.09 Å². The molecule has 8 nitrogen and oxygen atoms in total. The summed E-state index contributed by atoms with van der Waals surface area (Å²) >= 11 is 2.76. The number of aromatic nitrogens is 1. The molecule has 1 aromatic heterocycles. The van der Waals surface area contributed by atoms with E-state index < -0.39 is 11.7 Å². The molecule has 0 radical (unpaired) electrons. The van der Waals surface area contributed by atoms with Crippen LogP contribution in [0.5, 0.6) is 0 Å². The maximum absolute atomic E-state index is 12.6. The summed E-state index contributed by atoms with van der Waals surface area (Å²) < 4.78 is 5.24. The second-order valence-electron chi connectivity index (χ2n) is 8.36. The highest BCUT2D eigenvalue weighted by Crippen LogP contribution is 2.30. The fourth-order valence-electron chi connectivity index (χ4n) is 2.62. The molecule has 1 fully saturated rings. The summed E-state index contributed by atoms with van der Waals surface area (Å²) in [5.41, 5.74) is -0.216. The molecule has 2 amide bonds. The minimum absolute atomic E-state index is 0.117. The number of anilines is 1. The number of rotatable bonds is 7. The lowest BCUT2D eigenvalue weighted by atomic mass is 10.0. The topological polar surface area (TPSA) is 101 Å².